The Bertz CT molecular complexity index is 484. The van der Waals surface area contributed by atoms with Gasteiger partial charge in [-0.1, -0.05) is 6.07 Å². The summed E-state index contributed by atoms with van der Waals surface area (Å²) in [5, 5.41) is 8.81. The first-order chi connectivity index (χ1) is 8.70. The lowest BCUT2D eigenvalue weighted by atomic mass is 10.0. The first-order valence-electron chi connectivity index (χ1n) is 5.94. The molecule has 0 spiro atoms. The van der Waals surface area contributed by atoms with Crippen molar-refractivity contribution >= 4 is 5.78 Å². The van der Waals surface area contributed by atoms with E-state index in [1.807, 2.05) is 13.0 Å². The minimum absolute atomic E-state index is 0.0375. The Kier molecular flexibility index (Phi) is 3.96. The van der Waals surface area contributed by atoms with Crippen LogP contribution in [-0.4, -0.2) is 25.6 Å². The molecule has 4 heteroatoms. The summed E-state index contributed by atoms with van der Waals surface area (Å²) in [5.74, 6) is 0.625. The standard InChI is InChI=1S/C14H15NO3/c1-10-2-3-11(7-15)6-14(10)18-9-13(16)12-4-5-17-8-12/h2-3,6,12H,4-5,8-9H2,1H3. The van der Waals surface area contributed by atoms with E-state index in [9.17, 15) is 4.79 Å². The number of aryl methyl sites for hydroxylation is 1. The van der Waals surface area contributed by atoms with Crippen LogP contribution in [0.5, 0.6) is 5.75 Å². The molecule has 0 aliphatic carbocycles. The van der Waals surface area contributed by atoms with E-state index in [2.05, 4.69) is 6.07 Å². The van der Waals surface area contributed by atoms with E-state index in [1.54, 1.807) is 12.1 Å². The molecule has 1 unspecified atom stereocenters. The third kappa shape index (κ3) is 2.88. The molecule has 1 aromatic rings. The van der Waals surface area contributed by atoms with Gasteiger partial charge < -0.3 is 9.47 Å². The third-order valence-corrected chi connectivity index (χ3v) is 3.07. The predicted molar refractivity (Wildman–Crippen MR) is 65.3 cm³/mol. The van der Waals surface area contributed by atoms with Gasteiger partial charge in [-0.15, -0.1) is 0 Å². The van der Waals surface area contributed by atoms with Gasteiger partial charge in [-0.25, -0.2) is 0 Å². The maximum absolute atomic E-state index is 11.8. The molecule has 94 valence electrons. The summed E-state index contributed by atoms with van der Waals surface area (Å²) in [5.41, 5.74) is 1.46. The van der Waals surface area contributed by atoms with Crippen molar-refractivity contribution in [3.8, 4) is 11.8 Å². The number of nitriles is 1. The lowest BCUT2D eigenvalue weighted by Crippen LogP contribution is -2.21. The van der Waals surface area contributed by atoms with Crippen molar-refractivity contribution in [2.45, 2.75) is 13.3 Å². The highest BCUT2D eigenvalue weighted by Gasteiger charge is 2.23. The summed E-state index contributed by atoms with van der Waals surface area (Å²) in [6, 6.07) is 7.26. The molecule has 0 amide bonds. The largest absolute Gasteiger partial charge is 0.486 e. The molecule has 0 saturated carbocycles. The summed E-state index contributed by atoms with van der Waals surface area (Å²) in [4.78, 5) is 11.8. The SMILES string of the molecule is Cc1ccc(C#N)cc1OCC(=O)C1CCOC1. The zero-order valence-electron chi connectivity index (χ0n) is 10.3. The van der Waals surface area contributed by atoms with E-state index in [0.29, 0.717) is 24.5 Å². The van der Waals surface area contributed by atoms with Crippen LogP contribution in [-0.2, 0) is 9.53 Å². The van der Waals surface area contributed by atoms with E-state index >= 15 is 0 Å². The van der Waals surface area contributed by atoms with Crippen LogP contribution >= 0.6 is 0 Å². The quantitative estimate of drug-likeness (QED) is 0.812. The van der Waals surface area contributed by atoms with Gasteiger partial charge in [-0.3, -0.25) is 4.79 Å². The minimum Gasteiger partial charge on any atom is -0.486 e. The molecular weight excluding hydrogens is 230 g/mol. The van der Waals surface area contributed by atoms with Gasteiger partial charge in [0.1, 0.15) is 12.4 Å². The zero-order chi connectivity index (χ0) is 13.0. The topological polar surface area (TPSA) is 59.3 Å². The van der Waals surface area contributed by atoms with Gasteiger partial charge in [0.05, 0.1) is 18.2 Å². The van der Waals surface area contributed by atoms with E-state index in [-0.39, 0.29) is 18.3 Å². The molecule has 0 bridgehead atoms. The second kappa shape index (κ2) is 5.65. The number of hydrogen-bond donors (Lipinski definition) is 0. The van der Waals surface area contributed by atoms with E-state index < -0.39 is 0 Å². The minimum atomic E-state index is -0.0375. The van der Waals surface area contributed by atoms with Crippen molar-refractivity contribution < 1.29 is 14.3 Å². The molecule has 0 radical (unpaired) electrons. The maximum Gasteiger partial charge on any atom is 0.175 e. The highest BCUT2D eigenvalue weighted by molar-refractivity contribution is 5.82. The van der Waals surface area contributed by atoms with E-state index in [4.69, 9.17) is 14.7 Å². The summed E-state index contributed by atoms with van der Waals surface area (Å²) >= 11 is 0. The number of nitrogens with zero attached hydrogens (tertiary/aromatic N) is 1. The lowest BCUT2D eigenvalue weighted by Gasteiger charge is -2.11. The van der Waals surface area contributed by atoms with Crippen molar-refractivity contribution in [3.05, 3.63) is 29.3 Å². The van der Waals surface area contributed by atoms with Gasteiger partial charge in [0.25, 0.3) is 0 Å². The monoisotopic (exact) mass is 245 g/mol. The van der Waals surface area contributed by atoms with Crippen LogP contribution in [0.3, 0.4) is 0 Å². The Morgan fingerprint density at radius 2 is 2.44 bits per heavy atom. The van der Waals surface area contributed by atoms with Crippen molar-refractivity contribution in [1.82, 2.24) is 0 Å². The van der Waals surface area contributed by atoms with Crippen LogP contribution in [0.15, 0.2) is 18.2 Å². The average molecular weight is 245 g/mol. The van der Waals surface area contributed by atoms with Crippen molar-refractivity contribution in [3.63, 3.8) is 0 Å². The Morgan fingerprint density at radius 1 is 1.61 bits per heavy atom. The van der Waals surface area contributed by atoms with Crippen LogP contribution in [0.25, 0.3) is 0 Å². The smallest absolute Gasteiger partial charge is 0.175 e. The first kappa shape index (κ1) is 12.6. The molecule has 18 heavy (non-hydrogen) atoms. The molecular formula is C14H15NO3. The van der Waals surface area contributed by atoms with Gasteiger partial charge >= 0.3 is 0 Å². The van der Waals surface area contributed by atoms with Crippen LogP contribution < -0.4 is 4.74 Å². The van der Waals surface area contributed by atoms with Crippen molar-refractivity contribution in [1.29, 1.82) is 5.26 Å². The number of ether oxygens (including phenoxy) is 2. The summed E-state index contributed by atoms with van der Waals surface area (Å²) in [6.07, 6.45) is 0.777. The highest BCUT2D eigenvalue weighted by Crippen LogP contribution is 2.20. The van der Waals surface area contributed by atoms with Gasteiger partial charge in [0, 0.05) is 12.5 Å². The van der Waals surface area contributed by atoms with Gasteiger partial charge in [0.2, 0.25) is 0 Å². The summed E-state index contributed by atoms with van der Waals surface area (Å²) in [7, 11) is 0. The molecule has 1 aliphatic heterocycles. The predicted octanol–water partition coefficient (Wildman–Crippen LogP) is 1.85. The van der Waals surface area contributed by atoms with Crippen molar-refractivity contribution in [2.24, 2.45) is 5.92 Å². The molecule has 1 heterocycles. The number of ketones is 1. The molecule has 1 atom stereocenters. The fourth-order valence-corrected chi connectivity index (χ4v) is 1.88. The van der Waals surface area contributed by atoms with Crippen LogP contribution in [0.1, 0.15) is 17.5 Å². The van der Waals surface area contributed by atoms with Gasteiger partial charge in [-0.05, 0) is 31.0 Å². The average Bonchev–Trinajstić information content (AvgIpc) is 2.91. The molecule has 1 aromatic carbocycles. The fraction of sp³-hybridized carbons (Fsp3) is 0.429. The number of rotatable bonds is 4. The maximum atomic E-state index is 11.8. The van der Waals surface area contributed by atoms with Gasteiger partial charge in [-0.2, -0.15) is 5.26 Å². The molecule has 1 fully saturated rings. The number of benzene rings is 1. The Labute approximate surface area is 106 Å². The molecule has 4 nitrogen and oxygen atoms in total. The van der Waals surface area contributed by atoms with E-state index in [1.165, 1.54) is 0 Å². The molecule has 0 N–H and O–H groups in total. The number of carbonyl (C=O) groups excluding carboxylic acids is 1. The van der Waals surface area contributed by atoms with Crippen LogP contribution in [0.4, 0.5) is 0 Å². The Morgan fingerprint density at radius 3 is 3.11 bits per heavy atom. The second-order valence-electron chi connectivity index (χ2n) is 4.41. The third-order valence-electron chi connectivity index (χ3n) is 3.07. The van der Waals surface area contributed by atoms with Crippen LogP contribution in [0.2, 0.25) is 0 Å². The number of Topliss-reactive ketones (excluding diaryl/α,β-unsaturated/α-hetero) is 1. The van der Waals surface area contributed by atoms with E-state index in [0.717, 1.165) is 12.0 Å². The number of hydrogen-bond acceptors (Lipinski definition) is 4. The molecule has 0 aromatic heterocycles. The molecule has 1 aliphatic rings. The van der Waals surface area contributed by atoms with Crippen molar-refractivity contribution in [2.75, 3.05) is 19.8 Å². The second-order valence-corrected chi connectivity index (χ2v) is 4.41. The lowest BCUT2D eigenvalue weighted by molar-refractivity contribution is -0.124. The summed E-state index contributed by atoms with van der Waals surface area (Å²) < 4.78 is 10.7. The van der Waals surface area contributed by atoms with Crippen LogP contribution in [0, 0.1) is 24.2 Å². The normalized spacial score (nSPS) is 18.3. The Hall–Kier alpha value is -1.86. The highest BCUT2D eigenvalue weighted by atomic mass is 16.5. The first-order valence-corrected chi connectivity index (χ1v) is 5.94. The summed E-state index contributed by atoms with van der Waals surface area (Å²) in [6.45, 7) is 3.09. The van der Waals surface area contributed by atoms with Gasteiger partial charge in [0.15, 0.2) is 5.78 Å². The Balaban J connectivity index is 1.97. The molecule has 2 rings (SSSR count). The zero-order valence-corrected chi connectivity index (χ0v) is 10.3. The molecule has 1 saturated heterocycles. The fourth-order valence-electron chi connectivity index (χ4n) is 1.88. The number of carbonyl (C=O) groups is 1.